The van der Waals surface area contributed by atoms with Gasteiger partial charge in [0, 0.05) is 6.07 Å². The second kappa shape index (κ2) is 9.92. The lowest BCUT2D eigenvalue weighted by molar-refractivity contribution is 0.247. The largest absolute Gasteiger partial charge is 0.493 e. The SMILES string of the molecule is CC(C)COc1ccc(OCc2ccc(F)cc2)c(OCc2ccc(F)cc2)c1. The number of rotatable bonds is 9. The highest BCUT2D eigenvalue weighted by Crippen LogP contribution is 2.33. The zero-order valence-electron chi connectivity index (χ0n) is 16.5. The van der Waals surface area contributed by atoms with Crippen molar-refractivity contribution in [1.82, 2.24) is 0 Å². The Morgan fingerprint density at radius 2 is 1.17 bits per heavy atom. The van der Waals surface area contributed by atoms with Crippen LogP contribution in [-0.4, -0.2) is 6.61 Å². The van der Waals surface area contributed by atoms with Crippen LogP contribution in [0.3, 0.4) is 0 Å². The van der Waals surface area contributed by atoms with Crippen LogP contribution in [0.5, 0.6) is 17.2 Å². The van der Waals surface area contributed by atoms with Crippen molar-refractivity contribution in [2.45, 2.75) is 27.1 Å². The maximum absolute atomic E-state index is 13.1. The Balaban J connectivity index is 1.73. The van der Waals surface area contributed by atoms with Gasteiger partial charge in [-0.2, -0.15) is 0 Å². The van der Waals surface area contributed by atoms with Gasteiger partial charge < -0.3 is 14.2 Å². The van der Waals surface area contributed by atoms with Gasteiger partial charge in [0.25, 0.3) is 0 Å². The van der Waals surface area contributed by atoms with E-state index < -0.39 is 0 Å². The van der Waals surface area contributed by atoms with Crippen molar-refractivity contribution in [3.8, 4) is 17.2 Å². The van der Waals surface area contributed by atoms with Crippen LogP contribution in [-0.2, 0) is 13.2 Å². The van der Waals surface area contributed by atoms with Crippen LogP contribution in [0.1, 0.15) is 25.0 Å². The van der Waals surface area contributed by atoms with Crippen LogP contribution in [0.25, 0.3) is 0 Å². The summed E-state index contributed by atoms with van der Waals surface area (Å²) in [7, 11) is 0. The van der Waals surface area contributed by atoms with Gasteiger partial charge in [-0.05, 0) is 53.4 Å². The van der Waals surface area contributed by atoms with Gasteiger partial charge in [0.15, 0.2) is 11.5 Å². The molecule has 0 saturated heterocycles. The van der Waals surface area contributed by atoms with Crippen molar-refractivity contribution < 1.29 is 23.0 Å². The van der Waals surface area contributed by atoms with Gasteiger partial charge >= 0.3 is 0 Å². The Bertz CT molecular complexity index is 906. The third kappa shape index (κ3) is 6.49. The van der Waals surface area contributed by atoms with E-state index >= 15 is 0 Å². The van der Waals surface area contributed by atoms with Gasteiger partial charge in [-0.25, -0.2) is 8.78 Å². The maximum Gasteiger partial charge on any atom is 0.165 e. The molecule has 0 unspecified atom stereocenters. The minimum atomic E-state index is -0.291. The van der Waals surface area contributed by atoms with Crippen molar-refractivity contribution >= 4 is 0 Å². The average Bonchev–Trinajstić information content (AvgIpc) is 2.72. The quantitative estimate of drug-likeness (QED) is 0.432. The van der Waals surface area contributed by atoms with Crippen molar-refractivity contribution in [1.29, 1.82) is 0 Å². The second-order valence-corrected chi connectivity index (χ2v) is 7.14. The van der Waals surface area contributed by atoms with E-state index in [1.54, 1.807) is 36.4 Å². The molecule has 3 aromatic rings. The summed E-state index contributed by atoms with van der Waals surface area (Å²) in [6.07, 6.45) is 0. The number of benzene rings is 3. The molecule has 0 amide bonds. The fraction of sp³-hybridized carbons (Fsp3) is 0.250. The standard InChI is InChI=1S/C24H24F2O3/c1-17(2)14-27-22-11-12-23(28-15-18-3-7-20(25)8-4-18)24(13-22)29-16-19-5-9-21(26)10-6-19/h3-13,17H,14-16H2,1-2H3. The molecule has 5 heteroatoms. The molecule has 3 nitrogen and oxygen atoms in total. The minimum absolute atomic E-state index is 0.265. The highest BCUT2D eigenvalue weighted by Gasteiger charge is 2.10. The van der Waals surface area contributed by atoms with E-state index in [-0.39, 0.29) is 24.8 Å². The third-order valence-electron chi connectivity index (χ3n) is 4.11. The van der Waals surface area contributed by atoms with E-state index in [0.29, 0.717) is 29.8 Å². The van der Waals surface area contributed by atoms with Crippen LogP contribution in [0.4, 0.5) is 8.78 Å². The van der Waals surface area contributed by atoms with E-state index in [2.05, 4.69) is 13.8 Å². The van der Waals surface area contributed by atoms with Gasteiger partial charge in [0.2, 0.25) is 0 Å². The van der Waals surface area contributed by atoms with Gasteiger partial charge in [-0.3, -0.25) is 0 Å². The summed E-state index contributed by atoms with van der Waals surface area (Å²) in [5.41, 5.74) is 1.68. The number of ether oxygens (including phenoxy) is 3. The van der Waals surface area contributed by atoms with Crippen molar-refractivity contribution in [3.63, 3.8) is 0 Å². The van der Waals surface area contributed by atoms with Crippen LogP contribution in [0.2, 0.25) is 0 Å². The predicted octanol–water partition coefficient (Wildman–Crippen LogP) is 6.16. The molecule has 0 fully saturated rings. The van der Waals surface area contributed by atoms with Crippen LogP contribution in [0.15, 0.2) is 66.7 Å². The molecule has 0 spiro atoms. The van der Waals surface area contributed by atoms with Crippen molar-refractivity contribution in [3.05, 3.63) is 89.5 Å². The normalized spacial score (nSPS) is 10.8. The number of halogens is 2. The van der Waals surface area contributed by atoms with Crippen molar-refractivity contribution in [2.75, 3.05) is 6.61 Å². The molecule has 3 aromatic carbocycles. The molecule has 29 heavy (non-hydrogen) atoms. The lowest BCUT2D eigenvalue weighted by atomic mass is 10.2. The summed E-state index contributed by atoms with van der Waals surface area (Å²) < 4.78 is 43.8. The van der Waals surface area contributed by atoms with Crippen molar-refractivity contribution in [2.24, 2.45) is 5.92 Å². The Labute approximate surface area is 169 Å². The highest BCUT2D eigenvalue weighted by atomic mass is 19.1. The Morgan fingerprint density at radius 3 is 1.69 bits per heavy atom. The van der Waals surface area contributed by atoms with E-state index in [9.17, 15) is 8.78 Å². The van der Waals surface area contributed by atoms with E-state index in [4.69, 9.17) is 14.2 Å². The molecule has 3 rings (SSSR count). The summed E-state index contributed by atoms with van der Waals surface area (Å²) in [4.78, 5) is 0. The molecule has 152 valence electrons. The molecule has 0 saturated carbocycles. The highest BCUT2D eigenvalue weighted by molar-refractivity contribution is 5.46. The zero-order chi connectivity index (χ0) is 20.6. The molecule has 0 N–H and O–H groups in total. The average molecular weight is 398 g/mol. The molecule has 0 aromatic heterocycles. The third-order valence-corrected chi connectivity index (χ3v) is 4.11. The first kappa shape index (κ1) is 20.6. The first-order chi connectivity index (χ1) is 14.0. The van der Waals surface area contributed by atoms with Crippen LogP contribution < -0.4 is 14.2 Å². The summed E-state index contributed by atoms with van der Waals surface area (Å²) in [5.74, 6) is 1.57. The van der Waals surface area contributed by atoms with Gasteiger partial charge in [0.05, 0.1) is 6.61 Å². The summed E-state index contributed by atoms with van der Waals surface area (Å²) in [6, 6.07) is 17.7. The topological polar surface area (TPSA) is 27.7 Å². The van der Waals surface area contributed by atoms with E-state index in [1.807, 2.05) is 6.07 Å². The van der Waals surface area contributed by atoms with Crippen LogP contribution in [0, 0.1) is 17.6 Å². The van der Waals surface area contributed by atoms with Crippen LogP contribution >= 0.6 is 0 Å². The Kier molecular flexibility index (Phi) is 7.06. The van der Waals surface area contributed by atoms with Gasteiger partial charge in [0.1, 0.15) is 30.6 Å². The Hall–Kier alpha value is -3.08. The zero-order valence-corrected chi connectivity index (χ0v) is 16.5. The fourth-order valence-corrected chi connectivity index (χ4v) is 2.56. The maximum atomic E-state index is 13.1. The van der Waals surface area contributed by atoms with Gasteiger partial charge in [-0.15, -0.1) is 0 Å². The molecule has 0 aliphatic heterocycles. The second-order valence-electron chi connectivity index (χ2n) is 7.14. The Morgan fingerprint density at radius 1 is 0.655 bits per heavy atom. The number of hydrogen-bond acceptors (Lipinski definition) is 3. The van der Waals surface area contributed by atoms with E-state index in [1.165, 1.54) is 24.3 Å². The lowest BCUT2D eigenvalue weighted by Crippen LogP contribution is -2.05. The molecule has 0 bridgehead atoms. The first-order valence-corrected chi connectivity index (χ1v) is 9.51. The smallest absolute Gasteiger partial charge is 0.165 e. The molecular formula is C24H24F2O3. The molecular weight excluding hydrogens is 374 g/mol. The monoisotopic (exact) mass is 398 g/mol. The number of hydrogen-bond donors (Lipinski definition) is 0. The molecule has 0 atom stereocenters. The summed E-state index contributed by atoms with van der Waals surface area (Å²) in [6.45, 7) is 5.28. The summed E-state index contributed by atoms with van der Waals surface area (Å²) >= 11 is 0. The molecule has 0 aliphatic carbocycles. The molecule has 0 aliphatic rings. The first-order valence-electron chi connectivity index (χ1n) is 9.51. The molecule has 0 radical (unpaired) electrons. The lowest BCUT2D eigenvalue weighted by Gasteiger charge is -2.15. The van der Waals surface area contributed by atoms with Gasteiger partial charge in [-0.1, -0.05) is 38.1 Å². The van der Waals surface area contributed by atoms with E-state index in [0.717, 1.165) is 11.1 Å². The predicted molar refractivity (Wildman–Crippen MR) is 108 cm³/mol. The molecule has 0 heterocycles. The fourth-order valence-electron chi connectivity index (χ4n) is 2.56. The summed E-state index contributed by atoms with van der Waals surface area (Å²) in [5, 5.41) is 0. The minimum Gasteiger partial charge on any atom is -0.493 e.